The zero-order valence-corrected chi connectivity index (χ0v) is 12.1. The molecule has 0 atom stereocenters. The summed E-state index contributed by atoms with van der Waals surface area (Å²) in [5.74, 6) is -0.335. The molecule has 1 N–H and O–H groups in total. The molecule has 2 rings (SSSR count). The van der Waals surface area contributed by atoms with E-state index in [2.05, 4.69) is 21.7 Å². The quantitative estimate of drug-likeness (QED) is 0.852. The van der Waals surface area contributed by atoms with Crippen LogP contribution in [0.4, 0.5) is 0 Å². The van der Waals surface area contributed by atoms with Gasteiger partial charge in [0.2, 0.25) is 0 Å². The van der Waals surface area contributed by atoms with Gasteiger partial charge in [-0.25, -0.2) is 4.79 Å². The molecule has 0 aliphatic heterocycles. The van der Waals surface area contributed by atoms with E-state index in [-0.39, 0.29) is 6.61 Å². The molecule has 1 aromatic heterocycles. The Bertz CT molecular complexity index is 554. The van der Waals surface area contributed by atoms with Crippen LogP contribution < -0.4 is 4.74 Å². The Morgan fingerprint density at radius 1 is 1.30 bits per heavy atom. The van der Waals surface area contributed by atoms with Crippen molar-refractivity contribution in [1.29, 1.82) is 0 Å². The van der Waals surface area contributed by atoms with Gasteiger partial charge in [-0.1, -0.05) is 18.2 Å². The van der Waals surface area contributed by atoms with Gasteiger partial charge in [0.15, 0.2) is 6.61 Å². The van der Waals surface area contributed by atoms with E-state index >= 15 is 0 Å². The maximum absolute atomic E-state index is 10.6. The number of hydrogen-bond donors (Lipinski definition) is 1. The van der Waals surface area contributed by atoms with Crippen molar-refractivity contribution >= 4 is 17.3 Å². The largest absolute Gasteiger partial charge is 0.482 e. The first-order valence-corrected chi connectivity index (χ1v) is 7.21. The summed E-state index contributed by atoms with van der Waals surface area (Å²) in [5, 5.41) is 12.9. The van der Waals surface area contributed by atoms with Crippen LogP contribution in [0, 0.1) is 0 Å². The van der Waals surface area contributed by atoms with Gasteiger partial charge in [-0.3, -0.25) is 4.90 Å². The lowest BCUT2D eigenvalue weighted by Crippen LogP contribution is -2.18. The minimum Gasteiger partial charge on any atom is -0.482 e. The van der Waals surface area contributed by atoms with Gasteiger partial charge in [0.05, 0.1) is 0 Å². The van der Waals surface area contributed by atoms with Crippen LogP contribution >= 0.6 is 11.3 Å². The number of carbonyl (C=O) groups is 1. The molecule has 0 unspecified atom stereocenters. The van der Waals surface area contributed by atoms with Crippen molar-refractivity contribution in [3.63, 3.8) is 0 Å². The molecule has 0 spiro atoms. The smallest absolute Gasteiger partial charge is 0.341 e. The number of hydrogen-bond acceptors (Lipinski definition) is 4. The lowest BCUT2D eigenvalue weighted by atomic mass is 10.2. The zero-order chi connectivity index (χ0) is 14.4. The van der Waals surface area contributed by atoms with Crippen LogP contribution in [0.1, 0.15) is 11.1 Å². The first-order valence-electron chi connectivity index (χ1n) is 6.27. The minimum atomic E-state index is -0.966. The molecular weight excluding hydrogens is 274 g/mol. The normalized spacial score (nSPS) is 10.7. The molecule has 2 aromatic rings. The van der Waals surface area contributed by atoms with Crippen LogP contribution in [0.25, 0.3) is 0 Å². The van der Waals surface area contributed by atoms with Gasteiger partial charge < -0.3 is 9.84 Å². The van der Waals surface area contributed by atoms with Crippen molar-refractivity contribution in [3.05, 3.63) is 52.2 Å². The third-order valence-electron chi connectivity index (χ3n) is 2.80. The van der Waals surface area contributed by atoms with E-state index in [1.807, 2.05) is 25.2 Å². The van der Waals surface area contributed by atoms with Crippen molar-refractivity contribution in [2.45, 2.75) is 13.1 Å². The van der Waals surface area contributed by atoms with Crippen molar-refractivity contribution < 1.29 is 14.6 Å². The fourth-order valence-corrected chi connectivity index (χ4v) is 2.62. The van der Waals surface area contributed by atoms with Crippen molar-refractivity contribution in [2.75, 3.05) is 13.7 Å². The fourth-order valence-electron chi connectivity index (χ4n) is 1.96. The predicted molar refractivity (Wildman–Crippen MR) is 79.1 cm³/mol. The topological polar surface area (TPSA) is 49.8 Å². The highest BCUT2D eigenvalue weighted by atomic mass is 32.1. The van der Waals surface area contributed by atoms with E-state index in [9.17, 15) is 4.79 Å². The highest BCUT2D eigenvalue weighted by Gasteiger charge is 2.08. The molecule has 5 heteroatoms. The molecule has 0 radical (unpaired) electrons. The monoisotopic (exact) mass is 291 g/mol. The Labute approximate surface area is 122 Å². The van der Waals surface area contributed by atoms with Crippen molar-refractivity contribution in [3.8, 4) is 5.75 Å². The number of aliphatic carboxylic acids is 1. The van der Waals surface area contributed by atoms with E-state index in [1.165, 1.54) is 5.56 Å². The molecule has 20 heavy (non-hydrogen) atoms. The summed E-state index contributed by atoms with van der Waals surface area (Å²) < 4.78 is 5.31. The maximum atomic E-state index is 10.6. The van der Waals surface area contributed by atoms with Crippen LogP contribution in [0.15, 0.2) is 41.1 Å². The first kappa shape index (κ1) is 14.6. The van der Waals surface area contributed by atoms with Gasteiger partial charge in [-0.05, 0) is 35.5 Å². The average Bonchev–Trinajstić information content (AvgIpc) is 2.90. The molecule has 0 aliphatic rings. The molecule has 0 bridgehead atoms. The van der Waals surface area contributed by atoms with Crippen LogP contribution in [0.5, 0.6) is 5.75 Å². The van der Waals surface area contributed by atoms with E-state index in [0.29, 0.717) is 12.3 Å². The number of carboxylic acid groups (broad SMARTS) is 1. The second-order valence-corrected chi connectivity index (χ2v) is 5.37. The molecule has 0 saturated heterocycles. The number of para-hydroxylation sites is 1. The van der Waals surface area contributed by atoms with E-state index in [4.69, 9.17) is 9.84 Å². The van der Waals surface area contributed by atoms with Crippen LogP contribution in [0.3, 0.4) is 0 Å². The van der Waals surface area contributed by atoms with Gasteiger partial charge >= 0.3 is 5.97 Å². The average molecular weight is 291 g/mol. The molecule has 0 aliphatic carbocycles. The predicted octanol–water partition coefficient (Wildman–Crippen LogP) is 2.84. The molecular formula is C15H17NO3S. The summed E-state index contributed by atoms with van der Waals surface area (Å²) >= 11 is 1.69. The SMILES string of the molecule is CN(Cc1ccsc1)Cc1ccccc1OCC(=O)O. The number of nitrogens with zero attached hydrogens (tertiary/aromatic N) is 1. The Morgan fingerprint density at radius 2 is 2.10 bits per heavy atom. The number of rotatable bonds is 7. The third kappa shape index (κ3) is 4.36. The lowest BCUT2D eigenvalue weighted by molar-refractivity contribution is -0.139. The Hall–Kier alpha value is -1.85. The molecule has 1 aromatic carbocycles. The van der Waals surface area contributed by atoms with Gasteiger partial charge in [0.25, 0.3) is 0 Å². The number of benzene rings is 1. The summed E-state index contributed by atoms with van der Waals surface area (Å²) in [4.78, 5) is 12.8. The maximum Gasteiger partial charge on any atom is 0.341 e. The minimum absolute atomic E-state index is 0.314. The van der Waals surface area contributed by atoms with E-state index in [1.54, 1.807) is 17.4 Å². The number of thiophene rings is 1. The van der Waals surface area contributed by atoms with Crippen molar-refractivity contribution in [2.24, 2.45) is 0 Å². The van der Waals surface area contributed by atoms with Gasteiger partial charge in [-0.15, -0.1) is 0 Å². The molecule has 1 heterocycles. The summed E-state index contributed by atoms with van der Waals surface area (Å²) in [6, 6.07) is 9.65. The second-order valence-electron chi connectivity index (χ2n) is 4.59. The van der Waals surface area contributed by atoms with E-state index in [0.717, 1.165) is 12.1 Å². The van der Waals surface area contributed by atoms with Gasteiger partial charge in [-0.2, -0.15) is 11.3 Å². The summed E-state index contributed by atoms with van der Waals surface area (Å²) in [5.41, 5.74) is 2.27. The summed E-state index contributed by atoms with van der Waals surface area (Å²) in [6.07, 6.45) is 0. The van der Waals surface area contributed by atoms with Crippen LogP contribution in [0.2, 0.25) is 0 Å². The molecule has 0 fully saturated rings. The Kier molecular flexibility index (Phi) is 5.15. The Balaban J connectivity index is 1.99. The lowest BCUT2D eigenvalue weighted by Gasteiger charge is -2.18. The van der Waals surface area contributed by atoms with Gasteiger partial charge in [0, 0.05) is 18.7 Å². The van der Waals surface area contributed by atoms with Crippen LogP contribution in [-0.4, -0.2) is 29.6 Å². The molecule has 0 saturated carbocycles. The van der Waals surface area contributed by atoms with Gasteiger partial charge in [0.1, 0.15) is 5.75 Å². The molecule has 4 nitrogen and oxygen atoms in total. The first-order chi connectivity index (χ1) is 9.65. The van der Waals surface area contributed by atoms with E-state index < -0.39 is 5.97 Å². The molecule has 0 amide bonds. The number of carboxylic acids is 1. The third-order valence-corrected chi connectivity index (χ3v) is 3.53. The summed E-state index contributed by atoms with van der Waals surface area (Å²) in [6.45, 7) is 1.26. The fraction of sp³-hybridized carbons (Fsp3) is 0.267. The zero-order valence-electron chi connectivity index (χ0n) is 11.3. The molecule has 106 valence electrons. The highest BCUT2D eigenvalue weighted by Crippen LogP contribution is 2.20. The second kappa shape index (κ2) is 7.07. The summed E-state index contributed by atoms with van der Waals surface area (Å²) in [7, 11) is 2.03. The standard InChI is InChI=1S/C15H17NO3S/c1-16(8-12-6-7-20-11-12)9-13-4-2-3-5-14(13)19-10-15(17)18/h2-7,11H,8-10H2,1H3,(H,17,18). The number of ether oxygens (including phenoxy) is 1. The van der Waals surface area contributed by atoms with Crippen molar-refractivity contribution in [1.82, 2.24) is 4.90 Å². The highest BCUT2D eigenvalue weighted by molar-refractivity contribution is 7.07. The van der Waals surface area contributed by atoms with Crippen LogP contribution in [-0.2, 0) is 17.9 Å². The Morgan fingerprint density at radius 3 is 2.80 bits per heavy atom.